The summed E-state index contributed by atoms with van der Waals surface area (Å²) in [5.41, 5.74) is 2.51. The summed E-state index contributed by atoms with van der Waals surface area (Å²) in [6.45, 7) is 5.18. The molecule has 0 spiro atoms. The molecule has 1 atom stereocenters. The highest BCUT2D eigenvalue weighted by Crippen LogP contribution is 2.18. The van der Waals surface area contributed by atoms with Crippen molar-refractivity contribution in [2.75, 3.05) is 13.1 Å². The molecule has 2 rings (SSSR count). The van der Waals surface area contributed by atoms with E-state index in [1.54, 1.807) is 17.0 Å². The first-order chi connectivity index (χ1) is 10.0. The molecule has 0 N–H and O–H groups in total. The first-order valence-corrected chi connectivity index (χ1v) is 7.34. The Morgan fingerprint density at radius 3 is 2.38 bits per heavy atom. The Kier molecular flexibility index (Phi) is 4.74. The number of ketones is 1. The Morgan fingerprint density at radius 2 is 1.81 bits per heavy atom. The molecule has 1 unspecified atom stereocenters. The molecule has 1 aliphatic heterocycles. The SMILES string of the molecule is Cc1ccc(C(=O)C(C#N)C(=O)N2CCCCC2)cc1C. The third-order valence-corrected chi connectivity index (χ3v) is 4.10. The minimum Gasteiger partial charge on any atom is -0.341 e. The first kappa shape index (κ1) is 15.2. The van der Waals surface area contributed by atoms with Crippen LogP contribution in [0.5, 0.6) is 0 Å². The Balaban J connectivity index is 2.19. The number of amides is 1. The summed E-state index contributed by atoms with van der Waals surface area (Å²) in [7, 11) is 0. The molecule has 110 valence electrons. The van der Waals surface area contributed by atoms with Gasteiger partial charge in [-0.2, -0.15) is 5.26 Å². The zero-order chi connectivity index (χ0) is 15.4. The summed E-state index contributed by atoms with van der Waals surface area (Å²) in [5.74, 6) is -1.96. The summed E-state index contributed by atoms with van der Waals surface area (Å²) in [5, 5.41) is 9.26. The number of benzene rings is 1. The van der Waals surface area contributed by atoms with Crippen molar-refractivity contribution in [3.8, 4) is 6.07 Å². The topological polar surface area (TPSA) is 61.2 Å². The second kappa shape index (κ2) is 6.53. The molecule has 1 aliphatic rings. The van der Waals surface area contributed by atoms with Gasteiger partial charge in [0, 0.05) is 18.7 Å². The van der Waals surface area contributed by atoms with Crippen LogP contribution >= 0.6 is 0 Å². The molecule has 0 aromatic heterocycles. The lowest BCUT2D eigenvalue weighted by Gasteiger charge is -2.28. The molecule has 1 fully saturated rings. The molecule has 1 saturated heterocycles. The Bertz CT molecular complexity index is 595. The number of carbonyl (C=O) groups is 2. The number of piperidine rings is 1. The quantitative estimate of drug-likeness (QED) is 0.633. The number of nitrogens with zero attached hydrogens (tertiary/aromatic N) is 2. The number of nitriles is 1. The maximum absolute atomic E-state index is 12.5. The van der Waals surface area contributed by atoms with Crippen LogP contribution in [-0.2, 0) is 4.79 Å². The van der Waals surface area contributed by atoms with Gasteiger partial charge in [0.15, 0.2) is 11.7 Å². The number of Topliss-reactive ketones (excluding diaryl/α,β-unsaturated/α-hetero) is 1. The van der Waals surface area contributed by atoms with E-state index in [9.17, 15) is 14.9 Å². The highest BCUT2D eigenvalue weighted by Gasteiger charge is 2.32. The zero-order valence-corrected chi connectivity index (χ0v) is 12.6. The molecular formula is C17H20N2O2. The zero-order valence-electron chi connectivity index (χ0n) is 12.6. The molecule has 0 saturated carbocycles. The van der Waals surface area contributed by atoms with Crippen LogP contribution in [0.15, 0.2) is 18.2 Å². The average molecular weight is 284 g/mol. The van der Waals surface area contributed by atoms with E-state index in [4.69, 9.17) is 0 Å². The van der Waals surface area contributed by atoms with Gasteiger partial charge in [-0.1, -0.05) is 12.1 Å². The van der Waals surface area contributed by atoms with E-state index in [0.29, 0.717) is 18.7 Å². The van der Waals surface area contributed by atoms with Gasteiger partial charge in [0.05, 0.1) is 6.07 Å². The van der Waals surface area contributed by atoms with Crippen molar-refractivity contribution < 1.29 is 9.59 Å². The van der Waals surface area contributed by atoms with Gasteiger partial charge in [-0.15, -0.1) is 0 Å². The van der Waals surface area contributed by atoms with Gasteiger partial charge in [0.25, 0.3) is 0 Å². The van der Waals surface area contributed by atoms with Gasteiger partial charge >= 0.3 is 0 Å². The van der Waals surface area contributed by atoms with Gasteiger partial charge in [0.2, 0.25) is 5.91 Å². The van der Waals surface area contributed by atoms with E-state index in [0.717, 1.165) is 30.4 Å². The molecule has 1 amide bonds. The molecule has 1 heterocycles. The van der Waals surface area contributed by atoms with Crippen LogP contribution < -0.4 is 0 Å². The molecule has 4 heteroatoms. The maximum Gasteiger partial charge on any atom is 0.247 e. The first-order valence-electron chi connectivity index (χ1n) is 7.34. The van der Waals surface area contributed by atoms with Crippen LogP contribution in [0.3, 0.4) is 0 Å². The largest absolute Gasteiger partial charge is 0.341 e. The standard InChI is InChI=1S/C17H20N2O2/c1-12-6-7-14(10-13(12)2)16(20)15(11-18)17(21)19-8-4-3-5-9-19/h6-7,10,15H,3-5,8-9H2,1-2H3. The van der Waals surface area contributed by atoms with Crippen LogP contribution in [0, 0.1) is 31.1 Å². The van der Waals surface area contributed by atoms with Crippen molar-refractivity contribution in [2.45, 2.75) is 33.1 Å². The lowest BCUT2D eigenvalue weighted by atomic mass is 9.94. The summed E-state index contributed by atoms with van der Waals surface area (Å²) in [6.07, 6.45) is 3.00. The number of rotatable bonds is 3. The highest BCUT2D eigenvalue weighted by atomic mass is 16.2. The number of carbonyl (C=O) groups excluding carboxylic acids is 2. The molecule has 0 aliphatic carbocycles. The fourth-order valence-corrected chi connectivity index (χ4v) is 2.58. The smallest absolute Gasteiger partial charge is 0.247 e. The fourth-order valence-electron chi connectivity index (χ4n) is 2.58. The molecule has 21 heavy (non-hydrogen) atoms. The molecular weight excluding hydrogens is 264 g/mol. The van der Waals surface area contributed by atoms with Gasteiger partial charge < -0.3 is 4.90 Å². The van der Waals surface area contributed by atoms with Crippen LogP contribution in [-0.4, -0.2) is 29.7 Å². The van der Waals surface area contributed by atoms with Gasteiger partial charge in [-0.25, -0.2) is 0 Å². The van der Waals surface area contributed by atoms with Crippen LogP contribution in [0.25, 0.3) is 0 Å². The van der Waals surface area contributed by atoms with Crippen LogP contribution in [0.1, 0.15) is 40.7 Å². The van der Waals surface area contributed by atoms with E-state index in [2.05, 4.69) is 0 Å². The minimum absolute atomic E-state index is 0.347. The number of hydrogen-bond acceptors (Lipinski definition) is 3. The van der Waals surface area contributed by atoms with Gasteiger partial charge in [-0.05, 0) is 50.3 Å². The number of aryl methyl sites for hydroxylation is 2. The number of hydrogen-bond donors (Lipinski definition) is 0. The second-order valence-corrected chi connectivity index (χ2v) is 5.61. The van der Waals surface area contributed by atoms with E-state index in [1.807, 2.05) is 26.0 Å². The van der Waals surface area contributed by atoms with E-state index in [-0.39, 0.29) is 5.91 Å². The van der Waals surface area contributed by atoms with Crippen molar-refractivity contribution >= 4 is 11.7 Å². The lowest BCUT2D eigenvalue weighted by molar-refractivity contribution is -0.133. The second-order valence-electron chi connectivity index (χ2n) is 5.61. The van der Waals surface area contributed by atoms with E-state index >= 15 is 0 Å². The van der Waals surface area contributed by atoms with Crippen molar-refractivity contribution in [3.63, 3.8) is 0 Å². The Hall–Kier alpha value is -2.15. The summed E-state index contributed by atoms with van der Waals surface area (Å²) >= 11 is 0. The lowest BCUT2D eigenvalue weighted by Crippen LogP contribution is -2.41. The van der Waals surface area contributed by atoms with Crippen molar-refractivity contribution in [1.29, 1.82) is 5.26 Å². The normalized spacial score (nSPS) is 16.1. The van der Waals surface area contributed by atoms with Gasteiger partial charge in [0.1, 0.15) is 0 Å². The van der Waals surface area contributed by atoms with Gasteiger partial charge in [-0.3, -0.25) is 9.59 Å². The number of likely N-dealkylation sites (tertiary alicyclic amines) is 1. The third kappa shape index (κ3) is 3.30. The fraction of sp³-hybridized carbons (Fsp3) is 0.471. The molecule has 0 radical (unpaired) electrons. The summed E-state index contributed by atoms with van der Waals surface area (Å²) in [6, 6.07) is 7.19. The minimum atomic E-state index is -1.22. The third-order valence-electron chi connectivity index (χ3n) is 4.10. The summed E-state index contributed by atoms with van der Waals surface area (Å²) < 4.78 is 0. The summed E-state index contributed by atoms with van der Waals surface area (Å²) in [4.78, 5) is 26.5. The van der Waals surface area contributed by atoms with E-state index in [1.165, 1.54) is 0 Å². The predicted octanol–water partition coefficient (Wildman–Crippen LogP) is 2.64. The van der Waals surface area contributed by atoms with Crippen molar-refractivity contribution in [2.24, 2.45) is 5.92 Å². The van der Waals surface area contributed by atoms with Crippen molar-refractivity contribution in [1.82, 2.24) is 4.90 Å². The highest BCUT2D eigenvalue weighted by molar-refractivity contribution is 6.12. The maximum atomic E-state index is 12.5. The van der Waals surface area contributed by atoms with Crippen LogP contribution in [0.2, 0.25) is 0 Å². The van der Waals surface area contributed by atoms with Crippen molar-refractivity contribution in [3.05, 3.63) is 34.9 Å². The monoisotopic (exact) mass is 284 g/mol. The molecule has 1 aromatic rings. The Morgan fingerprint density at radius 1 is 1.14 bits per heavy atom. The average Bonchev–Trinajstić information content (AvgIpc) is 2.51. The van der Waals surface area contributed by atoms with E-state index < -0.39 is 11.7 Å². The predicted molar refractivity (Wildman–Crippen MR) is 79.8 cm³/mol. The molecule has 0 bridgehead atoms. The molecule has 4 nitrogen and oxygen atoms in total. The Labute approximate surface area is 125 Å². The van der Waals surface area contributed by atoms with Crippen LogP contribution in [0.4, 0.5) is 0 Å². The molecule has 1 aromatic carbocycles.